The summed E-state index contributed by atoms with van der Waals surface area (Å²) in [5.74, 6) is 0.591. The Kier molecular flexibility index (Phi) is 3.74. The van der Waals surface area contributed by atoms with Crippen LogP contribution in [0, 0.1) is 13.8 Å². The van der Waals surface area contributed by atoms with E-state index >= 15 is 0 Å². The fourth-order valence-electron chi connectivity index (χ4n) is 1.58. The van der Waals surface area contributed by atoms with Gasteiger partial charge in [-0.05, 0) is 6.92 Å². The van der Waals surface area contributed by atoms with Gasteiger partial charge in [-0.25, -0.2) is 0 Å². The molecule has 0 aliphatic rings. The van der Waals surface area contributed by atoms with Gasteiger partial charge in [-0.2, -0.15) is 4.98 Å². The van der Waals surface area contributed by atoms with E-state index in [4.69, 9.17) is 4.52 Å². The summed E-state index contributed by atoms with van der Waals surface area (Å²) < 4.78 is 4.81. The molecule has 2 rings (SSSR count). The van der Waals surface area contributed by atoms with Gasteiger partial charge in [0, 0.05) is 37.8 Å². The van der Waals surface area contributed by atoms with Crippen LogP contribution in [0.3, 0.4) is 0 Å². The van der Waals surface area contributed by atoms with Crippen LogP contribution < -0.4 is 10.7 Å². The molecule has 0 aliphatic heterocycles. The molecule has 7 nitrogen and oxygen atoms in total. The van der Waals surface area contributed by atoms with Crippen LogP contribution in [0.25, 0.3) is 0 Å². The van der Waals surface area contributed by atoms with Crippen molar-refractivity contribution in [2.24, 2.45) is 0 Å². The Balaban J connectivity index is 1.92. The molecule has 0 fully saturated rings. The van der Waals surface area contributed by atoms with E-state index in [0.29, 0.717) is 30.4 Å². The van der Waals surface area contributed by atoms with Crippen LogP contribution in [0.1, 0.15) is 27.8 Å². The predicted octanol–water partition coefficient (Wildman–Crippen LogP) is 0.347. The predicted molar refractivity (Wildman–Crippen MR) is 66.9 cm³/mol. The van der Waals surface area contributed by atoms with Crippen molar-refractivity contribution in [2.45, 2.75) is 20.3 Å². The van der Waals surface area contributed by atoms with Crippen LogP contribution >= 0.6 is 0 Å². The Morgan fingerprint density at radius 3 is 2.89 bits per heavy atom. The van der Waals surface area contributed by atoms with Crippen LogP contribution in [-0.4, -0.2) is 27.6 Å². The molecule has 0 aromatic carbocycles. The Morgan fingerprint density at radius 2 is 2.26 bits per heavy atom. The number of hydrogen-bond donors (Lipinski definition) is 2. The van der Waals surface area contributed by atoms with Crippen LogP contribution in [0.2, 0.25) is 0 Å². The molecule has 19 heavy (non-hydrogen) atoms. The van der Waals surface area contributed by atoms with E-state index in [9.17, 15) is 9.59 Å². The van der Waals surface area contributed by atoms with Gasteiger partial charge < -0.3 is 14.8 Å². The first-order valence-electron chi connectivity index (χ1n) is 5.83. The molecule has 0 atom stereocenters. The molecule has 0 bridgehead atoms. The maximum absolute atomic E-state index is 11.8. The summed E-state index contributed by atoms with van der Waals surface area (Å²) in [6, 6.07) is 1.39. The number of carbonyl (C=O) groups excluding carboxylic acids is 1. The van der Waals surface area contributed by atoms with Crippen LogP contribution in [0.15, 0.2) is 21.6 Å². The van der Waals surface area contributed by atoms with Crippen molar-refractivity contribution >= 4 is 5.91 Å². The van der Waals surface area contributed by atoms with Crippen molar-refractivity contribution in [1.29, 1.82) is 0 Å². The molecule has 2 N–H and O–H groups in total. The zero-order valence-electron chi connectivity index (χ0n) is 10.7. The summed E-state index contributed by atoms with van der Waals surface area (Å²) in [5.41, 5.74) is 0.503. The van der Waals surface area contributed by atoms with Crippen molar-refractivity contribution < 1.29 is 9.32 Å². The van der Waals surface area contributed by atoms with Gasteiger partial charge in [0.15, 0.2) is 11.3 Å². The monoisotopic (exact) mass is 262 g/mol. The highest BCUT2D eigenvalue weighted by Crippen LogP contribution is 1.96. The number of aromatic amines is 1. The highest BCUT2D eigenvalue weighted by Gasteiger charge is 2.10. The number of H-pyrrole nitrogens is 1. The van der Waals surface area contributed by atoms with Gasteiger partial charge in [0.05, 0.1) is 0 Å². The minimum atomic E-state index is -0.415. The second-order valence-electron chi connectivity index (χ2n) is 4.13. The molecule has 7 heteroatoms. The standard InChI is InChI=1S/C12H14N4O3/c1-7-5-10(17)9(6-14-7)12(18)13-4-3-11-15-8(2)19-16-11/h5-6H,3-4H2,1-2H3,(H,13,18)(H,14,17). The van der Waals surface area contributed by atoms with Gasteiger partial charge in [-0.3, -0.25) is 9.59 Å². The van der Waals surface area contributed by atoms with Gasteiger partial charge in [-0.15, -0.1) is 0 Å². The molecular formula is C12H14N4O3. The van der Waals surface area contributed by atoms with E-state index in [-0.39, 0.29) is 11.0 Å². The van der Waals surface area contributed by atoms with E-state index in [1.54, 1.807) is 13.8 Å². The van der Waals surface area contributed by atoms with Crippen LogP contribution in [0.5, 0.6) is 0 Å². The molecule has 0 spiro atoms. The normalized spacial score (nSPS) is 10.4. The lowest BCUT2D eigenvalue weighted by Crippen LogP contribution is -2.30. The number of amides is 1. The van der Waals surface area contributed by atoms with Gasteiger partial charge in [0.25, 0.3) is 5.91 Å². The third-order valence-corrected chi connectivity index (χ3v) is 2.51. The smallest absolute Gasteiger partial charge is 0.256 e. The first-order valence-corrected chi connectivity index (χ1v) is 5.83. The number of aromatic nitrogens is 3. The summed E-state index contributed by atoms with van der Waals surface area (Å²) in [6.45, 7) is 3.79. The molecular weight excluding hydrogens is 248 g/mol. The fourth-order valence-corrected chi connectivity index (χ4v) is 1.58. The molecule has 0 saturated carbocycles. The first kappa shape index (κ1) is 13.0. The Labute approximate surface area is 109 Å². The number of pyridine rings is 1. The van der Waals surface area contributed by atoms with Gasteiger partial charge in [0.2, 0.25) is 5.89 Å². The molecule has 0 aliphatic carbocycles. The van der Waals surface area contributed by atoms with Crippen molar-refractivity contribution in [3.63, 3.8) is 0 Å². The Bertz CT molecular complexity index is 644. The van der Waals surface area contributed by atoms with Crippen LogP contribution in [0.4, 0.5) is 0 Å². The molecule has 0 saturated heterocycles. The third-order valence-electron chi connectivity index (χ3n) is 2.51. The summed E-state index contributed by atoms with van der Waals surface area (Å²) in [7, 11) is 0. The van der Waals surface area contributed by atoms with E-state index in [0.717, 1.165) is 0 Å². The summed E-state index contributed by atoms with van der Waals surface area (Å²) in [6.07, 6.45) is 1.86. The molecule has 100 valence electrons. The Morgan fingerprint density at radius 1 is 1.47 bits per heavy atom. The minimum Gasteiger partial charge on any atom is -0.364 e. The number of nitrogens with one attached hydrogen (secondary N) is 2. The zero-order chi connectivity index (χ0) is 13.8. The zero-order valence-corrected chi connectivity index (χ0v) is 10.7. The number of aryl methyl sites for hydroxylation is 2. The van der Waals surface area contributed by atoms with Crippen molar-refractivity contribution in [3.8, 4) is 0 Å². The Hall–Kier alpha value is -2.44. The fraction of sp³-hybridized carbons (Fsp3) is 0.333. The lowest BCUT2D eigenvalue weighted by Gasteiger charge is -2.03. The highest BCUT2D eigenvalue weighted by molar-refractivity contribution is 5.93. The van der Waals surface area contributed by atoms with Gasteiger partial charge >= 0.3 is 0 Å². The summed E-state index contributed by atoms with van der Waals surface area (Å²) in [4.78, 5) is 30.2. The molecule has 1 amide bonds. The summed E-state index contributed by atoms with van der Waals surface area (Å²) >= 11 is 0. The minimum absolute atomic E-state index is 0.0925. The van der Waals surface area contributed by atoms with E-state index in [1.807, 2.05) is 0 Å². The third kappa shape index (κ3) is 3.27. The maximum atomic E-state index is 11.8. The van der Waals surface area contributed by atoms with Crippen molar-refractivity contribution in [2.75, 3.05) is 6.54 Å². The SMILES string of the molecule is Cc1cc(=O)c(C(=O)NCCc2noc(C)n2)c[nH]1. The number of rotatable bonds is 4. The first-order chi connectivity index (χ1) is 9.06. The van der Waals surface area contributed by atoms with E-state index < -0.39 is 5.91 Å². The van der Waals surface area contributed by atoms with Crippen LogP contribution in [-0.2, 0) is 6.42 Å². The lowest BCUT2D eigenvalue weighted by molar-refractivity contribution is 0.0952. The van der Waals surface area contributed by atoms with Crippen molar-refractivity contribution in [3.05, 3.63) is 45.5 Å². The van der Waals surface area contributed by atoms with Gasteiger partial charge in [-0.1, -0.05) is 5.16 Å². The summed E-state index contributed by atoms with van der Waals surface area (Å²) in [5, 5.41) is 6.35. The highest BCUT2D eigenvalue weighted by atomic mass is 16.5. The number of carbonyl (C=O) groups is 1. The molecule has 2 aromatic rings. The van der Waals surface area contributed by atoms with E-state index in [1.165, 1.54) is 12.3 Å². The topological polar surface area (TPSA) is 101 Å². The molecule has 0 unspecified atom stereocenters. The van der Waals surface area contributed by atoms with Gasteiger partial charge in [0.1, 0.15) is 5.56 Å². The second kappa shape index (κ2) is 5.47. The average Bonchev–Trinajstić information content (AvgIpc) is 2.75. The average molecular weight is 262 g/mol. The van der Waals surface area contributed by atoms with Crippen molar-refractivity contribution in [1.82, 2.24) is 20.4 Å². The maximum Gasteiger partial charge on any atom is 0.256 e. The number of nitrogens with zero attached hydrogens (tertiary/aromatic N) is 2. The molecule has 2 aromatic heterocycles. The second-order valence-corrected chi connectivity index (χ2v) is 4.13. The quantitative estimate of drug-likeness (QED) is 0.827. The molecule has 2 heterocycles. The number of hydrogen-bond acceptors (Lipinski definition) is 5. The largest absolute Gasteiger partial charge is 0.364 e. The molecule has 0 radical (unpaired) electrons. The van der Waals surface area contributed by atoms with E-state index in [2.05, 4.69) is 20.4 Å². The lowest BCUT2D eigenvalue weighted by atomic mass is 10.2.